The number of benzene rings is 1. The minimum atomic E-state index is -0.497. The summed E-state index contributed by atoms with van der Waals surface area (Å²) in [4.78, 5) is 20.6. The van der Waals surface area contributed by atoms with Crippen LogP contribution in [-0.4, -0.2) is 25.7 Å². The Kier molecular flexibility index (Phi) is 3.34. The topological polar surface area (TPSA) is 96.2 Å². The molecule has 3 heterocycles. The van der Waals surface area contributed by atoms with Crippen molar-refractivity contribution < 1.29 is 18.5 Å². The number of aryl methyl sites for hydroxylation is 1. The van der Waals surface area contributed by atoms with Crippen molar-refractivity contribution in [3.05, 3.63) is 54.3 Å². The van der Waals surface area contributed by atoms with Crippen molar-refractivity contribution in [1.29, 1.82) is 0 Å². The van der Waals surface area contributed by atoms with Gasteiger partial charge in [0.1, 0.15) is 5.52 Å². The second-order valence-corrected chi connectivity index (χ2v) is 5.10. The Labute approximate surface area is 135 Å². The molecule has 8 nitrogen and oxygen atoms in total. The van der Waals surface area contributed by atoms with E-state index < -0.39 is 5.97 Å². The summed E-state index contributed by atoms with van der Waals surface area (Å²) >= 11 is 0. The van der Waals surface area contributed by atoms with E-state index in [-0.39, 0.29) is 18.3 Å². The third-order valence-electron chi connectivity index (χ3n) is 3.51. The van der Waals surface area contributed by atoms with E-state index in [1.807, 2.05) is 17.7 Å². The predicted octanol–water partition coefficient (Wildman–Crippen LogP) is 2.57. The minimum absolute atomic E-state index is 0.105. The van der Waals surface area contributed by atoms with Gasteiger partial charge in [0.2, 0.25) is 5.82 Å². The monoisotopic (exact) mass is 324 g/mol. The molecule has 0 spiro atoms. The maximum absolute atomic E-state index is 12.3. The summed E-state index contributed by atoms with van der Waals surface area (Å²) in [5, 5.41) is 3.76. The number of nitrogens with zero attached hydrogens (tertiary/aromatic N) is 4. The number of imidazole rings is 1. The van der Waals surface area contributed by atoms with Gasteiger partial charge < -0.3 is 18.2 Å². The van der Waals surface area contributed by atoms with Gasteiger partial charge in [-0.3, -0.25) is 0 Å². The molecule has 0 radical (unpaired) electrons. The minimum Gasteiger partial charge on any atom is -0.459 e. The van der Waals surface area contributed by atoms with Crippen LogP contribution < -0.4 is 0 Å². The van der Waals surface area contributed by atoms with E-state index in [1.54, 1.807) is 30.6 Å². The zero-order valence-electron chi connectivity index (χ0n) is 12.7. The first-order valence-corrected chi connectivity index (χ1v) is 7.16. The van der Waals surface area contributed by atoms with Crippen LogP contribution in [0.5, 0.6) is 0 Å². The first kappa shape index (κ1) is 14.2. The summed E-state index contributed by atoms with van der Waals surface area (Å²) in [5.41, 5.74) is 1.83. The average Bonchev–Trinajstić information content (AvgIpc) is 3.33. The third-order valence-corrected chi connectivity index (χ3v) is 3.51. The fourth-order valence-electron chi connectivity index (χ4n) is 2.34. The van der Waals surface area contributed by atoms with E-state index in [0.29, 0.717) is 16.8 Å². The van der Waals surface area contributed by atoms with Crippen LogP contribution in [-0.2, 0) is 18.4 Å². The lowest BCUT2D eigenvalue weighted by molar-refractivity contribution is 0.0462. The Bertz CT molecular complexity index is 1000. The summed E-state index contributed by atoms with van der Waals surface area (Å²) in [7, 11) is 1.86. The molecule has 4 rings (SSSR count). The van der Waals surface area contributed by atoms with Gasteiger partial charge >= 0.3 is 5.97 Å². The SMILES string of the molecule is Cn1cnc2c(C(=O)OCc3noc(-c4ccco4)n3)cccc21. The van der Waals surface area contributed by atoms with E-state index in [4.69, 9.17) is 13.7 Å². The molecule has 0 amide bonds. The highest BCUT2D eigenvalue weighted by molar-refractivity contribution is 6.01. The number of aromatic nitrogens is 4. The van der Waals surface area contributed by atoms with Gasteiger partial charge in [-0.2, -0.15) is 4.98 Å². The quantitative estimate of drug-likeness (QED) is 0.532. The second-order valence-electron chi connectivity index (χ2n) is 5.10. The molecular weight excluding hydrogens is 312 g/mol. The standard InChI is InChI=1S/C16H12N4O4/c1-20-9-17-14-10(4-2-5-11(14)20)16(21)23-8-13-18-15(24-19-13)12-6-3-7-22-12/h2-7,9H,8H2,1H3. The lowest BCUT2D eigenvalue weighted by Crippen LogP contribution is -2.07. The molecule has 1 aromatic carbocycles. The van der Waals surface area contributed by atoms with Crippen LogP contribution in [0.15, 0.2) is 51.9 Å². The molecular formula is C16H12N4O4. The third kappa shape index (κ3) is 2.43. The average molecular weight is 324 g/mol. The summed E-state index contributed by atoms with van der Waals surface area (Å²) in [6.07, 6.45) is 3.16. The molecule has 4 aromatic rings. The van der Waals surface area contributed by atoms with Crippen molar-refractivity contribution in [2.75, 3.05) is 0 Å². The summed E-state index contributed by atoms with van der Waals surface area (Å²) in [6, 6.07) is 8.75. The molecule has 120 valence electrons. The normalized spacial score (nSPS) is 11.0. The number of fused-ring (bicyclic) bond motifs is 1. The van der Waals surface area contributed by atoms with Crippen LogP contribution in [0.25, 0.3) is 22.7 Å². The molecule has 0 N–H and O–H groups in total. The number of para-hydroxylation sites is 1. The number of esters is 1. The van der Waals surface area contributed by atoms with Gasteiger partial charge in [-0.1, -0.05) is 11.2 Å². The van der Waals surface area contributed by atoms with Crippen molar-refractivity contribution >= 4 is 17.0 Å². The van der Waals surface area contributed by atoms with Gasteiger partial charge in [-0.05, 0) is 24.3 Å². The van der Waals surface area contributed by atoms with Crippen LogP contribution >= 0.6 is 0 Å². The largest absolute Gasteiger partial charge is 0.459 e. The van der Waals surface area contributed by atoms with Gasteiger partial charge in [0.05, 0.1) is 23.7 Å². The van der Waals surface area contributed by atoms with Gasteiger partial charge in [0, 0.05) is 7.05 Å². The molecule has 0 saturated carbocycles. The smallest absolute Gasteiger partial charge is 0.340 e. The summed E-state index contributed by atoms with van der Waals surface area (Å²) in [6.45, 7) is -0.105. The zero-order chi connectivity index (χ0) is 16.5. The molecule has 3 aromatic heterocycles. The number of carbonyl (C=O) groups is 1. The first-order chi connectivity index (χ1) is 11.7. The molecule has 0 unspecified atom stereocenters. The fourth-order valence-corrected chi connectivity index (χ4v) is 2.34. The molecule has 0 aliphatic carbocycles. The van der Waals surface area contributed by atoms with Crippen LogP contribution in [0.1, 0.15) is 16.2 Å². The Morgan fingerprint density at radius 1 is 1.29 bits per heavy atom. The van der Waals surface area contributed by atoms with E-state index in [9.17, 15) is 4.79 Å². The molecule has 0 fully saturated rings. The Morgan fingerprint density at radius 2 is 2.21 bits per heavy atom. The van der Waals surface area contributed by atoms with Crippen LogP contribution in [0, 0.1) is 0 Å². The molecule has 8 heteroatoms. The van der Waals surface area contributed by atoms with E-state index >= 15 is 0 Å². The van der Waals surface area contributed by atoms with Gasteiger partial charge in [0.15, 0.2) is 12.4 Å². The number of hydrogen-bond donors (Lipinski definition) is 0. The Morgan fingerprint density at radius 3 is 3.04 bits per heavy atom. The lowest BCUT2D eigenvalue weighted by Gasteiger charge is -2.03. The van der Waals surface area contributed by atoms with Crippen molar-refractivity contribution in [2.45, 2.75) is 6.61 Å². The number of ether oxygens (including phenoxy) is 1. The molecule has 24 heavy (non-hydrogen) atoms. The Balaban J connectivity index is 1.50. The second kappa shape index (κ2) is 5.65. The van der Waals surface area contributed by atoms with Crippen molar-refractivity contribution in [2.24, 2.45) is 7.05 Å². The van der Waals surface area contributed by atoms with E-state index in [1.165, 1.54) is 6.26 Å². The first-order valence-electron chi connectivity index (χ1n) is 7.16. The van der Waals surface area contributed by atoms with Gasteiger partial charge in [-0.15, -0.1) is 0 Å². The van der Waals surface area contributed by atoms with Crippen molar-refractivity contribution in [3.8, 4) is 11.7 Å². The van der Waals surface area contributed by atoms with Gasteiger partial charge in [0.25, 0.3) is 5.89 Å². The zero-order valence-corrected chi connectivity index (χ0v) is 12.7. The highest BCUT2D eigenvalue weighted by Gasteiger charge is 2.16. The maximum Gasteiger partial charge on any atom is 0.340 e. The van der Waals surface area contributed by atoms with E-state index in [0.717, 1.165) is 5.52 Å². The number of furan rings is 1. The van der Waals surface area contributed by atoms with Gasteiger partial charge in [-0.25, -0.2) is 9.78 Å². The molecule has 0 bridgehead atoms. The number of rotatable bonds is 4. The van der Waals surface area contributed by atoms with Crippen molar-refractivity contribution in [3.63, 3.8) is 0 Å². The molecule has 0 saturated heterocycles. The number of carbonyl (C=O) groups excluding carboxylic acids is 1. The van der Waals surface area contributed by atoms with E-state index in [2.05, 4.69) is 15.1 Å². The van der Waals surface area contributed by atoms with Crippen LogP contribution in [0.4, 0.5) is 0 Å². The molecule has 0 atom stereocenters. The molecule has 0 aliphatic rings. The highest BCUT2D eigenvalue weighted by Crippen LogP contribution is 2.19. The number of hydrogen-bond acceptors (Lipinski definition) is 7. The maximum atomic E-state index is 12.3. The van der Waals surface area contributed by atoms with Crippen LogP contribution in [0.2, 0.25) is 0 Å². The summed E-state index contributed by atoms with van der Waals surface area (Å²) in [5.74, 6) is 0.447. The molecule has 0 aliphatic heterocycles. The predicted molar refractivity (Wildman–Crippen MR) is 81.8 cm³/mol. The Hall–Kier alpha value is -3.42. The van der Waals surface area contributed by atoms with Crippen molar-refractivity contribution in [1.82, 2.24) is 19.7 Å². The highest BCUT2D eigenvalue weighted by atomic mass is 16.5. The lowest BCUT2D eigenvalue weighted by atomic mass is 10.2. The summed E-state index contributed by atoms with van der Waals surface area (Å²) < 4.78 is 17.3. The van der Waals surface area contributed by atoms with Crippen LogP contribution in [0.3, 0.4) is 0 Å². The fraction of sp³-hybridized carbons (Fsp3) is 0.125.